The fourth-order valence-electron chi connectivity index (χ4n) is 1.80. The first kappa shape index (κ1) is 10.9. The van der Waals surface area contributed by atoms with E-state index < -0.39 is 17.1 Å². The van der Waals surface area contributed by atoms with Crippen molar-refractivity contribution in [2.75, 3.05) is 0 Å². The van der Waals surface area contributed by atoms with E-state index in [1.165, 1.54) is 29.5 Å². The summed E-state index contributed by atoms with van der Waals surface area (Å²) in [6, 6.07) is 7.53. The van der Waals surface area contributed by atoms with Crippen LogP contribution in [0.5, 0.6) is 0 Å². The number of fused-ring (bicyclic) bond motifs is 1. The number of thiophene rings is 1. The molecule has 0 saturated heterocycles. The lowest BCUT2D eigenvalue weighted by molar-refractivity contribution is 0.635. The first-order chi connectivity index (χ1) is 8.68. The maximum atomic E-state index is 13.5. The zero-order chi connectivity index (χ0) is 12.7. The topological polar surface area (TPSA) is 54.9 Å². The van der Waals surface area contributed by atoms with Gasteiger partial charge in [-0.2, -0.15) is 0 Å². The number of para-hydroxylation sites is 1. The molecule has 18 heavy (non-hydrogen) atoms. The highest BCUT2D eigenvalue weighted by atomic mass is 32.1. The summed E-state index contributed by atoms with van der Waals surface area (Å²) < 4.78 is 14.5. The maximum Gasteiger partial charge on any atom is 0.334 e. The van der Waals surface area contributed by atoms with Crippen molar-refractivity contribution in [2.24, 2.45) is 0 Å². The number of H-pyrrole nitrogens is 1. The summed E-state index contributed by atoms with van der Waals surface area (Å²) in [5.74, 6) is -0.611. The van der Waals surface area contributed by atoms with Crippen molar-refractivity contribution < 1.29 is 4.39 Å². The number of aromatic amines is 1. The Morgan fingerprint density at radius 3 is 2.72 bits per heavy atom. The Hall–Kier alpha value is -2.21. The third kappa shape index (κ3) is 1.50. The van der Waals surface area contributed by atoms with Crippen molar-refractivity contribution in [2.45, 2.75) is 0 Å². The van der Waals surface area contributed by atoms with Crippen LogP contribution >= 0.6 is 11.3 Å². The summed E-state index contributed by atoms with van der Waals surface area (Å²) in [6.45, 7) is 0. The predicted molar refractivity (Wildman–Crippen MR) is 68.0 cm³/mol. The number of benzene rings is 1. The van der Waals surface area contributed by atoms with Gasteiger partial charge in [-0.15, -0.1) is 11.3 Å². The third-order valence-corrected chi connectivity index (χ3v) is 3.46. The summed E-state index contributed by atoms with van der Waals surface area (Å²) in [4.78, 5) is 26.4. The van der Waals surface area contributed by atoms with Crippen molar-refractivity contribution in [1.82, 2.24) is 9.55 Å². The Morgan fingerprint density at radius 2 is 2.00 bits per heavy atom. The molecule has 0 fully saturated rings. The number of nitrogens with zero attached hydrogens (tertiary/aromatic N) is 1. The molecule has 1 aromatic carbocycles. The van der Waals surface area contributed by atoms with Crippen LogP contribution in [0.15, 0.2) is 45.3 Å². The Kier molecular flexibility index (Phi) is 2.38. The molecule has 0 amide bonds. The minimum Gasteiger partial charge on any atom is -0.304 e. The van der Waals surface area contributed by atoms with Gasteiger partial charge in [0.25, 0.3) is 5.56 Å². The van der Waals surface area contributed by atoms with E-state index >= 15 is 0 Å². The standard InChI is InChI=1S/C12H7FN2O2S/c13-8-4-1-3-7-10(8)14-12(17)15(11(7)16)9-5-2-6-18-9/h1-6H,(H,14,17). The fraction of sp³-hybridized carbons (Fsp3) is 0. The lowest BCUT2D eigenvalue weighted by Gasteiger charge is -2.04. The van der Waals surface area contributed by atoms with E-state index in [0.717, 1.165) is 4.57 Å². The highest BCUT2D eigenvalue weighted by molar-refractivity contribution is 7.12. The van der Waals surface area contributed by atoms with E-state index in [-0.39, 0.29) is 10.9 Å². The molecule has 0 atom stereocenters. The average molecular weight is 262 g/mol. The maximum absolute atomic E-state index is 13.5. The Labute approximate surface area is 104 Å². The number of rotatable bonds is 1. The van der Waals surface area contributed by atoms with Crippen LogP contribution in [0.4, 0.5) is 4.39 Å². The minimum atomic E-state index is -0.639. The molecule has 4 nitrogen and oxygen atoms in total. The van der Waals surface area contributed by atoms with Crippen LogP contribution < -0.4 is 11.2 Å². The highest BCUT2D eigenvalue weighted by Crippen LogP contribution is 2.13. The fourth-order valence-corrected chi connectivity index (χ4v) is 2.53. The molecule has 1 N–H and O–H groups in total. The van der Waals surface area contributed by atoms with E-state index in [1.807, 2.05) is 0 Å². The highest BCUT2D eigenvalue weighted by Gasteiger charge is 2.11. The Bertz CT molecular complexity index is 833. The predicted octanol–water partition coefficient (Wildman–Crippen LogP) is 1.88. The van der Waals surface area contributed by atoms with Crippen molar-refractivity contribution in [1.29, 1.82) is 0 Å². The molecule has 3 rings (SSSR count). The van der Waals surface area contributed by atoms with Gasteiger partial charge in [-0.1, -0.05) is 6.07 Å². The molecule has 0 saturated carbocycles. The molecule has 0 spiro atoms. The summed E-state index contributed by atoms with van der Waals surface area (Å²) in [6.07, 6.45) is 0. The second-order valence-electron chi connectivity index (χ2n) is 3.68. The molecule has 0 bridgehead atoms. The summed E-state index contributed by atoms with van der Waals surface area (Å²) in [5, 5.41) is 2.42. The molecular formula is C12H7FN2O2S. The number of nitrogens with one attached hydrogen (secondary N) is 1. The van der Waals surface area contributed by atoms with Gasteiger partial charge in [0, 0.05) is 0 Å². The van der Waals surface area contributed by atoms with Crippen LogP contribution in [0.1, 0.15) is 0 Å². The van der Waals surface area contributed by atoms with Crippen LogP contribution in [0.2, 0.25) is 0 Å². The molecule has 0 radical (unpaired) electrons. The van der Waals surface area contributed by atoms with E-state index in [2.05, 4.69) is 4.98 Å². The zero-order valence-corrected chi connectivity index (χ0v) is 9.83. The molecule has 0 aliphatic rings. The summed E-state index contributed by atoms with van der Waals surface area (Å²) in [7, 11) is 0. The van der Waals surface area contributed by atoms with Crippen molar-refractivity contribution in [3.05, 3.63) is 62.4 Å². The van der Waals surface area contributed by atoms with Crippen LogP contribution in [-0.4, -0.2) is 9.55 Å². The van der Waals surface area contributed by atoms with Crippen LogP contribution in [0, 0.1) is 5.82 Å². The van der Waals surface area contributed by atoms with Gasteiger partial charge in [-0.25, -0.2) is 13.8 Å². The number of hydrogen-bond donors (Lipinski definition) is 1. The van der Waals surface area contributed by atoms with Crippen molar-refractivity contribution in [3.63, 3.8) is 0 Å². The van der Waals surface area contributed by atoms with Crippen molar-refractivity contribution >= 4 is 22.2 Å². The molecule has 3 aromatic rings. The van der Waals surface area contributed by atoms with Gasteiger partial charge in [0.1, 0.15) is 10.8 Å². The second-order valence-corrected chi connectivity index (χ2v) is 4.61. The second kappa shape index (κ2) is 3.92. The minimum absolute atomic E-state index is 0.0553. The van der Waals surface area contributed by atoms with Gasteiger partial charge in [-0.05, 0) is 29.6 Å². The summed E-state index contributed by atoms with van der Waals surface area (Å²) in [5.41, 5.74) is -1.21. The van der Waals surface area contributed by atoms with Crippen molar-refractivity contribution in [3.8, 4) is 5.00 Å². The zero-order valence-electron chi connectivity index (χ0n) is 9.01. The number of hydrogen-bond acceptors (Lipinski definition) is 3. The molecule has 2 aromatic heterocycles. The van der Waals surface area contributed by atoms with Gasteiger partial charge < -0.3 is 4.98 Å². The molecule has 0 unspecified atom stereocenters. The third-order valence-electron chi connectivity index (χ3n) is 2.61. The van der Waals surface area contributed by atoms with Gasteiger partial charge >= 0.3 is 5.69 Å². The lowest BCUT2D eigenvalue weighted by atomic mass is 10.2. The van der Waals surface area contributed by atoms with E-state index in [9.17, 15) is 14.0 Å². The van der Waals surface area contributed by atoms with Gasteiger partial charge in [0.2, 0.25) is 0 Å². The molecule has 0 aliphatic heterocycles. The number of aromatic nitrogens is 2. The number of halogens is 1. The van der Waals surface area contributed by atoms with Gasteiger partial charge in [-0.3, -0.25) is 4.79 Å². The molecule has 90 valence electrons. The normalized spacial score (nSPS) is 10.9. The molecule has 0 aliphatic carbocycles. The van der Waals surface area contributed by atoms with E-state index in [1.54, 1.807) is 17.5 Å². The molecule has 2 heterocycles. The smallest absolute Gasteiger partial charge is 0.304 e. The van der Waals surface area contributed by atoms with Gasteiger partial charge in [0.05, 0.1) is 10.9 Å². The average Bonchev–Trinajstić information content (AvgIpc) is 2.84. The monoisotopic (exact) mass is 262 g/mol. The van der Waals surface area contributed by atoms with Crippen LogP contribution in [-0.2, 0) is 0 Å². The first-order valence-corrected chi connectivity index (χ1v) is 6.04. The van der Waals surface area contributed by atoms with Crippen LogP contribution in [0.3, 0.4) is 0 Å². The Balaban J connectivity index is 2.50. The van der Waals surface area contributed by atoms with Gasteiger partial charge in [0.15, 0.2) is 0 Å². The lowest BCUT2D eigenvalue weighted by Crippen LogP contribution is -2.33. The quantitative estimate of drug-likeness (QED) is 0.728. The SMILES string of the molecule is O=c1[nH]c2c(F)cccc2c(=O)n1-c1cccs1. The van der Waals surface area contributed by atoms with E-state index in [0.29, 0.717) is 5.00 Å². The molecule has 6 heteroatoms. The van der Waals surface area contributed by atoms with E-state index in [4.69, 9.17) is 0 Å². The Morgan fingerprint density at radius 1 is 1.17 bits per heavy atom. The van der Waals surface area contributed by atoms with Crippen LogP contribution in [0.25, 0.3) is 15.9 Å². The summed E-state index contributed by atoms with van der Waals surface area (Å²) >= 11 is 1.27. The molecular weight excluding hydrogens is 255 g/mol. The largest absolute Gasteiger partial charge is 0.334 e. The first-order valence-electron chi connectivity index (χ1n) is 5.16.